The maximum absolute atomic E-state index is 5.59. The number of nitrogens with one attached hydrogen (secondary N) is 1. The average molecular weight is 235 g/mol. The first-order valence-electron chi connectivity index (χ1n) is 6.46. The van der Waals surface area contributed by atoms with Gasteiger partial charge in [-0.05, 0) is 43.5 Å². The molecule has 0 radical (unpaired) electrons. The predicted molar refractivity (Wildman–Crippen MR) is 74.0 cm³/mol. The molecule has 1 aromatic rings. The van der Waals surface area contributed by atoms with E-state index in [2.05, 4.69) is 39.1 Å². The Bertz CT molecular complexity index is 361. The minimum absolute atomic E-state index is 0.542. The molecule has 1 rings (SSSR count). The van der Waals surface area contributed by atoms with Gasteiger partial charge in [0.05, 0.1) is 0 Å². The zero-order valence-electron chi connectivity index (χ0n) is 11.7. The van der Waals surface area contributed by atoms with Crippen LogP contribution in [0.3, 0.4) is 0 Å². The van der Waals surface area contributed by atoms with E-state index in [4.69, 9.17) is 4.42 Å². The van der Waals surface area contributed by atoms with Gasteiger partial charge in [0, 0.05) is 6.54 Å². The third kappa shape index (κ3) is 5.22. The van der Waals surface area contributed by atoms with Crippen LogP contribution >= 0.6 is 0 Å². The van der Waals surface area contributed by atoms with E-state index >= 15 is 0 Å². The first-order valence-corrected chi connectivity index (χ1v) is 6.46. The molecule has 0 amide bonds. The molecule has 2 nitrogen and oxygen atoms in total. The molecule has 0 aromatic carbocycles. The molecule has 1 heterocycles. The Morgan fingerprint density at radius 3 is 2.47 bits per heavy atom. The van der Waals surface area contributed by atoms with Crippen molar-refractivity contribution >= 4 is 6.08 Å². The van der Waals surface area contributed by atoms with Crippen molar-refractivity contribution in [3.8, 4) is 0 Å². The third-order valence-electron chi connectivity index (χ3n) is 2.71. The topological polar surface area (TPSA) is 25.2 Å². The number of furan rings is 1. The molecule has 2 heteroatoms. The normalized spacial score (nSPS) is 12.8. The summed E-state index contributed by atoms with van der Waals surface area (Å²) in [4.78, 5) is 0. The highest BCUT2D eigenvalue weighted by Crippen LogP contribution is 2.16. The molecule has 0 aliphatic rings. The van der Waals surface area contributed by atoms with Crippen LogP contribution in [0.25, 0.3) is 6.08 Å². The minimum atomic E-state index is 0.542. The molecular formula is C15H25NO. The molecule has 0 atom stereocenters. The molecule has 0 bridgehead atoms. The molecule has 17 heavy (non-hydrogen) atoms. The van der Waals surface area contributed by atoms with Crippen molar-refractivity contribution < 1.29 is 4.42 Å². The van der Waals surface area contributed by atoms with Gasteiger partial charge in [0.1, 0.15) is 11.5 Å². The van der Waals surface area contributed by atoms with Gasteiger partial charge in [-0.15, -0.1) is 0 Å². The van der Waals surface area contributed by atoms with Gasteiger partial charge in [-0.2, -0.15) is 0 Å². The number of hydrogen-bond donors (Lipinski definition) is 1. The standard InChI is InChI=1S/C15H25NO/c1-11(2)9-16-10-14(12(3)4)8-15-7-6-13(5)17-15/h6-8,11-12,16H,9-10H2,1-5H3. The largest absolute Gasteiger partial charge is 0.462 e. The summed E-state index contributed by atoms with van der Waals surface area (Å²) in [6.45, 7) is 12.9. The average Bonchev–Trinajstić information content (AvgIpc) is 2.62. The Morgan fingerprint density at radius 1 is 1.29 bits per heavy atom. The van der Waals surface area contributed by atoms with Crippen molar-refractivity contribution in [2.75, 3.05) is 13.1 Å². The maximum atomic E-state index is 5.59. The molecule has 0 spiro atoms. The summed E-state index contributed by atoms with van der Waals surface area (Å²) in [7, 11) is 0. The Labute approximate surface area is 105 Å². The summed E-state index contributed by atoms with van der Waals surface area (Å²) in [5.74, 6) is 3.15. The van der Waals surface area contributed by atoms with Crippen molar-refractivity contribution in [2.24, 2.45) is 11.8 Å². The van der Waals surface area contributed by atoms with Crippen LogP contribution in [0, 0.1) is 18.8 Å². The summed E-state index contributed by atoms with van der Waals surface area (Å²) in [6.07, 6.45) is 2.16. The minimum Gasteiger partial charge on any atom is -0.462 e. The number of aryl methyl sites for hydroxylation is 1. The molecule has 1 aromatic heterocycles. The molecule has 96 valence electrons. The Hall–Kier alpha value is -1.02. The lowest BCUT2D eigenvalue weighted by Gasteiger charge is -2.13. The second kappa shape index (κ2) is 6.65. The molecule has 1 N–H and O–H groups in total. The van der Waals surface area contributed by atoms with Crippen LogP contribution in [0.5, 0.6) is 0 Å². The second-order valence-corrected chi connectivity index (χ2v) is 5.35. The first-order chi connectivity index (χ1) is 7.99. The molecule has 0 saturated carbocycles. The van der Waals surface area contributed by atoms with Gasteiger partial charge >= 0.3 is 0 Å². The molecule has 0 saturated heterocycles. The van der Waals surface area contributed by atoms with Crippen LogP contribution in [-0.4, -0.2) is 13.1 Å². The summed E-state index contributed by atoms with van der Waals surface area (Å²) in [5, 5.41) is 3.48. The van der Waals surface area contributed by atoms with Crippen molar-refractivity contribution in [3.05, 3.63) is 29.2 Å². The van der Waals surface area contributed by atoms with Gasteiger partial charge < -0.3 is 9.73 Å². The van der Waals surface area contributed by atoms with Crippen LogP contribution in [0.1, 0.15) is 39.2 Å². The predicted octanol–water partition coefficient (Wildman–Crippen LogP) is 3.87. The smallest absolute Gasteiger partial charge is 0.127 e. The SMILES string of the molecule is Cc1ccc(C=C(CNCC(C)C)C(C)C)o1. The Kier molecular flexibility index (Phi) is 5.49. The summed E-state index contributed by atoms with van der Waals surface area (Å²) in [5.41, 5.74) is 1.39. The van der Waals surface area contributed by atoms with E-state index in [1.165, 1.54) is 5.57 Å². The highest BCUT2D eigenvalue weighted by molar-refractivity contribution is 5.48. The van der Waals surface area contributed by atoms with Crippen molar-refractivity contribution in [1.82, 2.24) is 5.32 Å². The zero-order valence-corrected chi connectivity index (χ0v) is 11.7. The highest BCUT2D eigenvalue weighted by atomic mass is 16.3. The second-order valence-electron chi connectivity index (χ2n) is 5.35. The summed E-state index contributed by atoms with van der Waals surface area (Å²) in [6, 6.07) is 4.03. The lowest BCUT2D eigenvalue weighted by Crippen LogP contribution is -2.23. The van der Waals surface area contributed by atoms with E-state index in [0.717, 1.165) is 24.6 Å². The van der Waals surface area contributed by atoms with Gasteiger partial charge in [-0.25, -0.2) is 0 Å². The van der Waals surface area contributed by atoms with Gasteiger partial charge in [0.15, 0.2) is 0 Å². The van der Waals surface area contributed by atoms with Crippen molar-refractivity contribution in [1.29, 1.82) is 0 Å². The number of rotatable bonds is 6. The van der Waals surface area contributed by atoms with Crippen LogP contribution in [0.2, 0.25) is 0 Å². The lowest BCUT2D eigenvalue weighted by molar-refractivity contribution is 0.522. The van der Waals surface area contributed by atoms with E-state index in [0.29, 0.717) is 11.8 Å². The fourth-order valence-corrected chi connectivity index (χ4v) is 1.64. The van der Waals surface area contributed by atoms with Gasteiger partial charge in [-0.1, -0.05) is 33.3 Å². The first kappa shape index (κ1) is 14.0. The third-order valence-corrected chi connectivity index (χ3v) is 2.71. The van der Waals surface area contributed by atoms with E-state index in [1.54, 1.807) is 0 Å². The Morgan fingerprint density at radius 2 is 2.00 bits per heavy atom. The highest BCUT2D eigenvalue weighted by Gasteiger charge is 2.05. The van der Waals surface area contributed by atoms with Crippen LogP contribution in [0.15, 0.2) is 22.1 Å². The van der Waals surface area contributed by atoms with Gasteiger partial charge in [-0.3, -0.25) is 0 Å². The molecular weight excluding hydrogens is 210 g/mol. The monoisotopic (exact) mass is 235 g/mol. The van der Waals surface area contributed by atoms with Gasteiger partial charge in [0.2, 0.25) is 0 Å². The molecule has 0 fully saturated rings. The van der Waals surface area contributed by atoms with E-state index in [1.807, 2.05) is 19.1 Å². The van der Waals surface area contributed by atoms with Crippen LogP contribution < -0.4 is 5.32 Å². The lowest BCUT2D eigenvalue weighted by atomic mass is 10.0. The molecule has 0 aliphatic heterocycles. The quantitative estimate of drug-likeness (QED) is 0.809. The van der Waals surface area contributed by atoms with E-state index in [-0.39, 0.29) is 0 Å². The molecule has 0 aliphatic carbocycles. The fraction of sp³-hybridized carbons (Fsp3) is 0.600. The summed E-state index contributed by atoms with van der Waals surface area (Å²) < 4.78 is 5.59. The van der Waals surface area contributed by atoms with E-state index in [9.17, 15) is 0 Å². The number of hydrogen-bond acceptors (Lipinski definition) is 2. The van der Waals surface area contributed by atoms with E-state index < -0.39 is 0 Å². The Balaban J connectivity index is 2.62. The van der Waals surface area contributed by atoms with Gasteiger partial charge in [0.25, 0.3) is 0 Å². The summed E-state index contributed by atoms with van der Waals surface area (Å²) >= 11 is 0. The van der Waals surface area contributed by atoms with Crippen molar-refractivity contribution in [2.45, 2.75) is 34.6 Å². The molecule has 0 unspecified atom stereocenters. The van der Waals surface area contributed by atoms with Crippen LogP contribution in [-0.2, 0) is 0 Å². The zero-order chi connectivity index (χ0) is 12.8. The van der Waals surface area contributed by atoms with Crippen molar-refractivity contribution in [3.63, 3.8) is 0 Å². The fourth-order valence-electron chi connectivity index (χ4n) is 1.64. The maximum Gasteiger partial charge on any atom is 0.127 e. The van der Waals surface area contributed by atoms with Crippen LogP contribution in [0.4, 0.5) is 0 Å².